The van der Waals surface area contributed by atoms with E-state index in [0.29, 0.717) is 56.3 Å². The van der Waals surface area contributed by atoms with Crippen LogP contribution in [0.5, 0.6) is 5.75 Å². The molecule has 3 rings (SSSR count). The predicted octanol–water partition coefficient (Wildman–Crippen LogP) is 1.94. The molecule has 0 aliphatic carbocycles. The van der Waals surface area contributed by atoms with Gasteiger partial charge in [-0.2, -0.15) is 5.26 Å². The molecule has 0 atom stereocenters. The summed E-state index contributed by atoms with van der Waals surface area (Å²) in [5.74, 6) is 1.49. The number of pyridine rings is 1. The summed E-state index contributed by atoms with van der Waals surface area (Å²) in [7, 11) is 1.62. The first-order chi connectivity index (χ1) is 13.2. The van der Waals surface area contributed by atoms with Crippen molar-refractivity contribution >= 4 is 11.7 Å². The predicted molar refractivity (Wildman–Crippen MR) is 101 cm³/mol. The maximum absolute atomic E-state index is 12.8. The molecule has 2 heterocycles. The van der Waals surface area contributed by atoms with Crippen molar-refractivity contribution in [3.63, 3.8) is 0 Å². The van der Waals surface area contributed by atoms with Crippen LogP contribution in [0.1, 0.15) is 15.9 Å². The van der Waals surface area contributed by atoms with Crippen LogP contribution in [0.15, 0.2) is 42.6 Å². The van der Waals surface area contributed by atoms with E-state index in [1.807, 2.05) is 23.1 Å². The van der Waals surface area contributed by atoms with Crippen molar-refractivity contribution in [1.82, 2.24) is 9.88 Å². The van der Waals surface area contributed by atoms with Gasteiger partial charge in [-0.1, -0.05) is 6.07 Å². The minimum Gasteiger partial charge on any atom is -0.491 e. The zero-order valence-electron chi connectivity index (χ0n) is 15.3. The fourth-order valence-corrected chi connectivity index (χ4v) is 2.92. The highest BCUT2D eigenvalue weighted by atomic mass is 16.5. The minimum absolute atomic E-state index is 0.000343. The maximum atomic E-state index is 12.8. The van der Waals surface area contributed by atoms with Gasteiger partial charge in [0, 0.05) is 45.0 Å². The SMILES string of the molecule is COCCOc1cccc(C(=O)N2CCN(c3ccc(C#N)cn3)CC2)c1. The third-order valence-corrected chi connectivity index (χ3v) is 4.41. The zero-order valence-corrected chi connectivity index (χ0v) is 15.3. The van der Waals surface area contributed by atoms with Crippen molar-refractivity contribution in [3.05, 3.63) is 53.7 Å². The van der Waals surface area contributed by atoms with E-state index in [4.69, 9.17) is 14.7 Å². The fourth-order valence-electron chi connectivity index (χ4n) is 2.92. The molecule has 2 aromatic rings. The molecule has 0 spiro atoms. The summed E-state index contributed by atoms with van der Waals surface area (Å²) in [6.45, 7) is 3.60. The average molecular weight is 366 g/mol. The van der Waals surface area contributed by atoms with Crippen LogP contribution in [0.2, 0.25) is 0 Å². The van der Waals surface area contributed by atoms with Crippen LogP contribution in [-0.2, 0) is 4.74 Å². The van der Waals surface area contributed by atoms with Gasteiger partial charge in [0.1, 0.15) is 24.2 Å². The van der Waals surface area contributed by atoms with Gasteiger partial charge in [-0.15, -0.1) is 0 Å². The van der Waals surface area contributed by atoms with Gasteiger partial charge in [-0.3, -0.25) is 4.79 Å². The molecule has 0 N–H and O–H groups in total. The maximum Gasteiger partial charge on any atom is 0.254 e. The molecule has 0 bridgehead atoms. The molecule has 27 heavy (non-hydrogen) atoms. The van der Waals surface area contributed by atoms with Crippen molar-refractivity contribution in [2.75, 3.05) is 51.4 Å². The zero-order chi connectivity index (χ0) is 19.1. The smallest absolute Gasteiger partial charge is 0.254 e. The standard InChI is InChI=1S/C20H22N4O3/c1-26-11-12-27-18-4-2-3-17(13-18)20(25)24-9-7-23(8-10-24)19-6-5-16(14-21)15-22-19/h2-6,13,15H,7-12H2,1H3. The molecule has 7 heteroatoms. The molecular formula is C20H22N4O3. The van der Waals surface area contributed by atoms with Crippen molar-refractivity contribution in [2.45, 2.75) is 0 Å². The summed E-state index contributed by atoms with van der Waals surface area (Å²) in [6.07, 6.45) is 1.57. The Kier molecular flexibility index (Phi) is 6.23. The number of rotatable bonds is 6. The summed E-state index contributed by atoms with van der Waals surface area (Å²) in [5.41, 5.74) is 1.16. The lowest BCUT2D eigenvalue weighted by Crippen LogP contribution is -2.49. The van der Waals surface area contributed by atoms with Crippen LogP contribution in [0.25, 0.3) is 0 Å². The fraction of sp³-hybridized carbons (Fsp3) is 0.350. The third kappa shape index (κ3) is 4.74. The number of carbonyl (C=O) groups excluding carboxylic acids is 1. The topological polar surface area (TPSA) is 78.7 Å². The van der Waals surface area contributed by atoms with Gasteiger partial charge in [0.25, 0.3) is 5.91 Å². The lowest BCUT2D eigenvalue weighted by Gasteiger charge is -2.35. The number of anilines is 1. The number of nitriles is 1. The minimum atomic E-state index is -0.000343. The number of carbonyl (C=O) groups is 1. The Morgan fingerprint density at radius 2 is 2.00 bits per heavy atom. The number of nitrogens with zero attached hydrogens (tertiary/aromatic N) is 4. The second kappa shape index (κ2) is 9.01. The van der Waals surface area contributed by atoms with E-state index in [2.05, 4.69) is 16.0 Å². The highest BCUT2D eigenvalue weighted by molar-refractivity contribution is 5.94. The van der Waals surface area contributed by atoms with Crippen LogP contribution < -0.4 is 9.64 Å². The molecular weight excluding hydrogens is 344 g/mol. The van der Waals surface area contributed by atoms with E-state index in [-0.39, 0.29) is 5.91 Å². The number of hydrogen-bond acceptors (Lipinski definition) is 6. The van der Waals surface area contributed by atoms with Gasteiger partial charge in [-0.05, 0) is 30.3 Å². The normalized spacial score (nSPS) is 13.9. The van der Waals surface area contributed by atoms with Gasteiger partial charge in [0.15, 0.2) is 0 Å². The third-order valence-electron chi connectivity index (χ3n) is 4.41. The first-order valence-corrected chi connectivity index (χ1v) is 8.83. The Hall–Kier alpha value is -3.11. The number of piperazine rings is 1. The molecule has 0 unspecified atom stereocenters. The molecule has 0 radical (unpaired) electrons. The molecule has 140 valence electrons. The number of aromatic nitrogens is 1. The molecule has 1 aliphatic rings. The summed E-state index contributed by atoms with van der Waals surface area (Å²) in [6, 6.07) is 12.9. The first-order valence-electron chi connectivity index (χ1n) is 8.83. The average Bonchev–Trinajstić information content (AvgIpc) is 2.74. The summed E-state index contributed by atoms with van der Waals surface area (Å²) >= 11 is 0. The number of amides is 1. The Morgan fingerprint density at radius 1 is 1.19 bits per heavy atom. The monoisotopic (exact) mass is 366 g/mol. The van der Waals surface area contributed by atoms with E-state index < -0.39 is 0 Å². The number of methoxy groups -OCH3 is 1. The second-order valence-electron chi connectivity index (χ2n) is 6.17. The van der Waals surface area contributed by atoms with Gasteiger partial charge in [0.05, 0.1) is 12.2 Å². The van der Waals surface area contributed by atoms with E-state index in [0.717, 1.165) is 5.82 Å². The van der Waals surface area contributed by atoms with Crippen LogP contribution >= 0.6 is 0 Å². The molecule has 0 saturated carbocycles. The molecule has 1 aromatic carbocycles. The van der Waals surface area contributed by atoms with Crippen molar-refractivity contribution in [1.29, 1.82) is 5.26 Å². The molecule has 1 fully saturated rings. The molecule has 1 aromatic heterocycles. The molecule has 7 nitrogen and oxygen atoms in total. The highest BCUT2D eigenvalue weighted by Crippen LogP contribution is 2.18. The quantitative estimate of drug-likeness (QED) is 0.727. The van der Waals surface area contributed by atoms with Crippen molar-refractivity contribution in [2.24, 2.45) is 0 Å². The number of ether oxygens (including phenoxy) is 2. The van der Waals surface area contributed by atoms with Gasteiger partial charge < -0.3 is 19.3 Å². The van der Waals surface area contributed by atoms with Crippen LogP contribution in [-0.4, -0.2) is 62.3 Å². The number of hydrogen-bond donors (Lipinski definition) is 0. The van der Waals surface area contributed by atoms with Crippen molar-refractivity contribution < 1.29 is 14.3 Å². The van der Waals surface area contributed by atoms with E-state index in [1.165, 1.54) is 0 Å². The Morgan fingerprint density at radius 3 is 2.67 bits per heavy atom. The lowest BCUT2D eigenvalue weighted by molar-refractivity contribution is 0.0746. The van der Waals surface area contributed by atoms with E-state index in [1.54, 1.807) is 31.5 Å². The second-order valence-corrected chi connectivity index (χ2v) is 6.17. The Labute approximate surface area is 158 Å². The highest BCUT2D eigenvalue weighted by Gasteiger charge is 2.23. The first kappa shape index (κ1) is 18.7. The van der Waals surface area contributed by atoms with E-state index in [9.17, 15) is 4.79 Å². The van der Waals surface area contributed by atoms with Gasteiger partial charge in [-0.25, -0.2) is 4.98 Å². The van der Waals surface area contributed by atoms with Gasteiger partial charge >= 0.3 is 0 Å². The van der Waals surface area contributed by atoms with Crippen LogP contribution in [0, 0.1) is 11.3 Å². The summed E-state index contributed by atoms with van der Waals surface area (Å²) in [5, 5.41) is 8.86. The summed E-state index contributed by atoms with van der Waals surface area (Å²) in [4.78, 5) is 21.1. The Balaban J connectivity index is 1.58. The van der Waals surface area contributed by atoms with Gasteiger partial charge in [0.2, 0.25) is 0 Å². The van der Waals surface area contributed by atoms with Crippen molar-refractivity contribution in [3.8, 4) is 11.8 Å². The van der Waals surface area contributed by atoms with Crippen LogP contribution in [0.4, 0.5) is 5.82 Å². The largest absolute Gasteiger partial charge is 0.491 e. The molecule has 1 aliphatic heterocycles. The summed E-state index contributed by atoms with van der Waals surface area (Å²) < 4.78 is 10.6. The molecule has 1 saturated heterocycles. The van der Waals surface area contributed by atoms with E-state index >= 15 is 0 Å². The molecule has 1 amide bonds. The Bertz CT molecular complexity index is 809. The number of benzene rings is 1. The van der Waals surface area contributed by atoms with Crippen LogP contribution in [0.3, 0.4) is 0 Å². The lowest BCUT2D eigenvalue weighted by atomic mass is 10.1.